The van der Waals surface area contributed by atoms with Gasteiger partial charge in [-0.25, -0.2) is 9.78 Å². The number of aromatic nitrogens is 1. The normalized spacial score (nSPS) is 17.0. The lowest BCUT2D eigenvalue weighted by Crippen LogP contribution is -2.21. The third kappa shape index (κ3) is 4.86. The number of fused-ring (bicyclic) bond motifs is 1. The summed E-state index contributed by atoms with van der Waals surface area (Å²) in [5, 5.41) is 1.75. The number of carbonyl (C=O) groups is 1. The zero-order valence-corrected chi connectivity index (χ0v) is 16.6. The Morgan fingerprint density at radius 3 is 3.04 bits per heavy atom. The Labute approximate surface area is 161 Å². The monoisotopic (exact) mass is 390 g/mol. The van der Waals surface area contributed by atoms with Gasteiger partial charge in [0.05, 0.1) is 28.5 Å². The molecule has 138 valence electrons. The SMILES string of the molecule is CCCCOc1ccc2nc(/C=C/C3=N[C@@H](C(=O)OCC)CS3)sc2c1. The van der Waals surface area contributed by atoms with Crippen molar-refractivity contribution in [3.05, 3.63) is 29.3 Å². The third-order valence-corrected chi connectivity index (χ3v) is 5.75. The van der Waals surface area contributed by atoms with Crippen LogP contribution in [0.15, 0.2) is 29.3 Å². The lowest BCUT2D eigenvalue weighted by atomic mass is 10.3. The van der Waals surface area contributed by atoms with Crippen LogP contribution in [-0.4, -0.2) is 41.0 Å². The Hall–Kier alpha value is -1.86. The summed E-state index contributed by atoms with van der Waals surface area (Å²) in [5.74, 6) is 1.27. The van der Waals surface area contributed by atoms with Crippen LogP contribution >= 0.6 is 23.1 Å². The minimum Gasteiger partial charge on any atom is -0.494 e. The molecule has 5 nitrogen and oxygen atoms in total. The number of carbonyl (C=O) groups excluding carboxylic acids is 1. The topological polar surface area (TPSA) is 60.8 Å². The van der Waals surface area contributed by atoms with Gasteiger partial charge in [0.1, 0.15) is 10.8 Å². The predicted molar refractivity (Wildman–Crippen MR) is 109 cm³/mol. The van der Waals surface area contributed by atoms with Crippen molar-refractivity contribution >= 4 is 50.4 Å². The van der Waals surface area contributed by atoms with E-state index in [-0.39, 0.29) is 5.97 Å². The van der Waals surface area contributed by atoms with E-state index in [1.165, 1.54) is 0 Å². The summed E-state index contributed by atoms with van der Waals surface area (Å²) >= 11 is 3.18. The molecule has 0 saturated heterocycles. The highest BCUT2D eigenvalue weighted by molar-refractivity contribution is 8.14. The second kappa shape index (κ2) is 9.19. The molecule has 0 radical (unpaired) electrons. The average Bonchev–Trinajstić information content (AvgIpc) is 3.26. The number of esters is 1. The maximum atomic E-state index is 11.7. The van der Waals surface area contributed by atoms with E-state index in [0.29, 0.717) is 12.4 Å². The Morgan fingerprint density at radius 2 is 2.23 bits per heavy atom. The molecule has 0 aliphatic carbocycles. The van der Waals surface area contributed by atoms with Crippen LogP contribution in [0.2, 0.25) is 0 Å². The molecular formula is C19H22N2O3S2. The van der Waals surface area contributed by atoms with Crippen LogP contribution in [0, 0.1) is 0 Å². The standard InChI is InChI=1S/C19H22N2O3S2/c1-3-5-10-24-13-6-7-14-16(11-13)26-18(20-14)9-8-17-21-15(12-25-17)19(22)23-4-2/h6-9,11,15H,3-5,10,12H2,1-2H3/b9-8+/t15-/m1/s1. The first-order valence-corrected chi connectivity index (χ1v) is 10.6. The molecule has 0 unspecified atom stereocenters. The van der Waals surface area contributed by atoms with E-state index < -0.39 is 6.04 Å². The van der Waals surface area contributed by atoms with Gasteiger partial charge in [0.25, 0.3) is 0 Å². The van der Waals surface area contributed by atoms with Crippen LogP contribution in [-0.2, 0) is 9.53 Å². The van der Waals surface area contributed by atoms with Crippen LogP contribution in [0.5, 0.6) is 5.75 Å². The molecule has 0 spiro atoms. The predicted octanol–water partition coefficient (Wildman–Crippen LogP) is 4.57. The largest absolute Gasteiger partial charge is 0.494 e. The average molecular weight is 391 g/mol. The summed E-state index contributed by atoms with van der Waals surface area (Å²) in [6.45, 7) is 5.08. The van der Waals surface area contributed by atoms with Gasteiger partial charge in [0.15, 0.2) is 6.04 Å². The van der Waals surface area contributed by atoms with Crippen LogP contribution in [0.25, 0.3) is 16.3 Å². The van der Waals surface area contributed by atoms with Crippen LogP contribution in [0.3, 0.4) is 0 Å². The number of thioether (sulfide) groups is 1. The molecule has 0 N–H and O–H groups in total. The number of benzene rings is 1. The van der Waals surface area contributed by atoms with Gasteiger partial charge in [-0.3, -0.25) is 4.99 Å². The maximum Gasteiger partial charge on any atom is 0.331 e. The molecule has 1 aromatic heterocycles. The number of hydrogen-bond acceptors (Lipinski definition) is 7. The number of ether oxygens (including phenoxy) is 2. The van der Waals surface area contributed by atoms with Crippen molar-refractivity contribution in [1.29, 1.82) is 0 Å². The summed E-state index contributed by atoms with van der Waals surface area (Å²) < 4.78 is 11.9. The quantitative estimate of drug-likeness (QED) is 0.488. The first-order valence-electron chi connectivity index (χ1n) is 8.78. The van der Waals surface area contributed by atoms with E-state index in [1.54, 1.807) is 30.0 Å². The Morgan fingerprint density at radius 1 is 1.35 bits per heavy atom. The van der Waals surface area contributed by atoms with Crippen LogP contribution in [0.4, 0.5) is 0 Å². The molecule has 1 atom stereocenters. The van der Waals surface area contributed by atoms with Crippen molar-refractivity contribution in [3.63, 3.8) is 0 Å². The molecule has 0 amide bonds. The summed E-state index contributed by atoms with van der Waals surface area (Å²) in [4.78, 5) is 20.7. The van der Waals surface area contributed by atoms with Gasteiger partial charge in [0, 0.05) is 5.75 Å². The second-order valence-electron chi connectivity index (χ2n) is 5.76. The smallest absolute Gasteiger partial charge is 0.331 e. The van der Waals surface area contributed by atoms with Gasteiger partial charge in [-0.2, -0.15) is 0 Å². The van der Waals surface area contributed by atoms with Gasteiger partial charge in [-0.05, 0) is 43.7 Å². The number of aliphatic imine (C=N–C) groups is 1. The summed E-state index contributed by atoms with van der Waals surface area (Å²) in [6.07, 6.45) is 6.04. The van der Waals surface area contributed by atoms with E-state index in [2.05, 4.69) is 16.9 Å². The van der Waals surface area contributed by atoms with Crippen LogP contribution < -0.4 is 4.74 Å². The first-order chi connectivity index (χ1) is 12.7. The van der Waals surface area contributed by atoms with E-state index in [9.17, 15) is 4.79 Å². The summed E-state index contributed by atoms with van der Waals surface area (Å²) in [7, 11) is 0. The molecule has 2 aromatic rings. The molecule has 26 heavy (non-hydrogen) atoms. The zero-order valence-electron chi connectivity index (χ0n) is 14.9. The molecule has 2 heterocycles. The van der Waals surface area contributed by atoms with E-state index in [0.717, 1.165) is 45.5 Å². The molecule has 7 heteroatoms. The van der Waals surface area contributed by atoms with Crippen molar-refractivity contribution in [2.24, 2.45) is 4.99 Å². The number of thiazole rings is 1. The molecule has 0 saturated carbocycles. The van der Waals surface area contributed by atoms with Gasteiger partial charge >= 0.3 is 5.97 Å². The van der Waals surface area contributed by atoms with Gasteiger partial charge in [-0.15, -0.1) is 23.1 Å². The fourth-order valence-electron chi connectivity index (χ4n) is 2.40. The summed E-state index contributed by atoms with van der Waals surface area (Å²) in [6, 6.07) is 5.60. The third-order valence-electron chi connectivity index (χ3n) is 3.74. The number of rotatable bonds is 8. The van der Waals surface area contributed by atoms with Gasteiger partial charge in [0.2, 0.25) is 0 Å². The minimum absolute atomic E-state index is 0.251. The zero-order chi connectivity index (χ0) is 18.4. The highest BCUT2D eigenvalue weighted by Gasteiger charge is 2.24. The van der Waals surface area contributed by atoms with Crippen molar-refractivity contribution in [2.75, 3.05) is 19.0 Å². The lowest BCUT2D eigenvalue weighted by molar-refractivity contribution is -0.143. The van der Waals surface area contributed by atoms with Gasteiger partial charge in [-0.1, -0.05) is 13.3 Å². The Balaban J connectivity index is 1.66. The first kappa shape index (κ1) is 18.9. The molecular weight excluding hydrogens is 368 g/mol. The van der Waals surface area contributed by atoms with Gasteiger partial charge < -0.3 is 9.47 Å². The number of unbranched alkanes of at least 4 members (excludes halogenated alkanes) is 1. The maximum absolute atomic E-state index is 11.7. The van der Waals surface area contributed by atoms with Crippen molar-refractivity contribution < 1.29 is 14.3 Å². The number of nitrogens with zero attached hydrogens (tertiary/aromatic N) is 2. The summed E-state index contributed by atoms with van der Waals surface area (Å²) in [5.41, 5.74) is 0.961. The molecule has 1 aliphatic heterocycles. The highest BCUT2D eigenvalue weighted by atomic mass is 32.2. The highest BCUT2D eigenvalue weighted by Crippen LogP contribution is 2.28. The molecule has 1 aliphatic rings. The van der Waals surface area contributed by atoms with Crippen molar-refractivity contribution in [3.8, 4) is 5.75 Å². The van der Waals surface area contributed by atoms with E-state index >= 15 is 0 Å². The van der Waals surface area contributed by atoms with Crippen molar-refractivity contribution in [2.45, 2.75) is 32.7 Å². The molecule has 1 aromatic carbocycles. The van der Waals surface area contributed by atoms with E-state index in [1.807, 2.05) is 30.4 Å². The van der Waals surface area contributed by atoms with Crippen LogP contribution in [0.1, 0.15) is 31.7 Å². The lowest BCUT2D eigenvalue weighted by Gasteiger charge is -2.04. The Bertz CT molecular complexity index is 829. The minimum atomic E-state index is -0.391. The second-order valence-corrected chi connectivity index (χ2v) is 7.87. The van der Waals surface area contributed by atoms with Crippen molar-refractivity contribution in [1.82, 2.24) is 4.98 Å². The van der Waals surface area contributed by atoms with E-state index in [4.69, 9.17) is 9.47 Å². The molecule has 0 bridgehead atoms. The Kier molecular flexibility index (Phi) is 6.68. The molecule has 0 fully saturated rings. The fourth-order valence-corrected chi connectivity index (χ4v) is 4.21. The molecule has 3 rings (SSSR count). The fraction of sp³-hybridized carbons (Fsp3) is 0.421. The number of hydrogen-bond donors (Lipinski definition) is 0.